The first-order valence-electron chi connectivity index (χ1n) is 6.45. The Morgan fingerprint density at radius 3 is 2.58 bits per heavy atom. The normalized spacial score (nSPS) is 12.4. The van der Waals surface area contributed by atoms with E-state index in [9.17, 15) is 8.42 Å². The first kappa shape index (κ1) is 13.9. The molecule has 2 N–H and O–H groups in total. The number of nitrogens with two attached hydrogens (primary N) is 1. The van der Waals surface area contributed by atoms with Crippen LogP contribution in [-0.4, -0.2) is 18.2 Å². The van der Waals surface area contributed by atoms with Gasteiger partial charge < -0.3 is 10.3 Å². The largest absolute Gasteiger partial charge is 0.397 e. The van der Waals surface area contributed by atoms with Gasteiger partial charge in [0.05, 0.1) is 22.2 Å². The average Bonchev–Trinajstić information content (AvgIpc) is 2.66. The van der Waals surface area contributed by atoms with Crippen molar-refractivity contribution in [3.05, 3.63) is 30.0 Å². The van der Waals surface area contributed by atoms with Crippen LogP contribution in [0.2, 0.25) is 0 Å². The Morgan fingerprint density at radius 2 is 2.00 bits per heavy atom. The molecule has 2 aromatic rings. The molecule has 1 aromatic heterocycles. The van der Waals surface area contributed by atoms with Crippen LogP contribution < -0.4 is 5.73 Å². The molecular formula is C14H20N2O2S. The quantitative estimate of drug-likeness (QED) is 0.875. The third-order valence-corrected chi connectivity index (χ3v) is 5.56. The molecule has 19 heavy (non-hydrogen) atoms. The highest BCUT2D eigenvalue weighted by Crippen LogP contribution is 2.26. The van der Waals surface area contributed by atoms with Crippen LogP contribution in [0.3, 0.4) is 0 Å². The number of nitrogens with zero attached hydrogens (tertiary/aromatic N) is 1. The van der Waals surface area contributed by atoms with Crippen LogP contribution in [0.1, 0.15) is 26.5 Å². The van der Waals surface area contributed by atoms with E-state index in [0.29, 0.717) is 12.2 Å². The Labute approximate surface area is 114 Å². The van der Waals surface area contributed by atoms with E-state index in [1.54, 1.807) is 13.8 Å². The van der Waals surface area contributed by atoms with Gasteiger partial charge in [0.2, 0.25) is 0 Å². The lowest BCUT2D eigenvalue weighted by molar-refractivity contribution is 0.584. The minimum Gasteiger partial charge on any atom is -0.397 e. The highest BCUT2D eigenvalue weighted by atomic mass is 32.2. The van der Waals surface area contributed by atoms with Crippen LogP contribution in [0, 0.1) is 0 Å². The van der Waals surface area contributed by atoms with Crippen LogP contribution in [0.15, 0.2) is 24.3 Å². The van der Waals surface area contributed by atoms with Gasteiger partial charge in [-0.15, -0.1) is 0 Å². The Hall–Kier alpha value is -1.49. The van der Waals surface area contributed by atoms with Crippen molar-refractivity contribution in [2.24, 2.45) is 0 Å². The highest BCUT2D eigenvalue weighted by molar-refractivity contribution is 7.91. The summed E-state index contributed by atoms with van der Waals surface area (Å²) in [6, 6.07) is 7.62. The summed E-state index contributed by atoms with van der Waals surface area (Å²) in [6.07, 6.45) is 0. The second-order valence-electron chi connectivity index (χ2n) is 5.02. The number of para-hydroxylation sites is 1. The standard InChI is InChI=1S/C14H20N2O2S/c1-4-16-12(9-19(17,18)10(2)3)8-11-6-5-7-13(15)14(11)16/h5-8,10H,4,9,15H2,1-3H3. The van der Waals surface area contributed by atoms with E-state index in [1.807, 2.05) is 35.8 Å². The number of sulfone groups is 1. The zero-order valence-electron chi connectivity index (χ0n) is 11.6. The number of rotatable bonds is 4. The van der Waals surface area contributed by atoms with E-state index in [0.717, 1.165) is 16.6 Å². The minimum absolute atomic E-state index is 0.0621. The number of anilines is 1. The molecule has 2 rings (SSSR count). The van der Waals surface area contributed by atoms with Gasteiger partial charge in [-0.3, -0.25) is 0 Å². The van der Waals surface area contributed by atoms with Crippen molar-refractivity contribution in [2.75, 3.05) is 5.73 Å². The van der Waals surface area contributed by atoms with Crippen molar-refractivity contribution in [1.82, 2.24) is 4.57 Å². The molecule has 0 aliphatic rings. The summed E-state index contributed by atoms with van der Waals surface area (Å²) < 4.78 is 26.2. The maximum Gasteiger partial charge on any atom is 0.158 e. The summed E-state index contributed by atoms with van der Waals surface area (Å²) in [7, 11) is -3.11. The third kappa shape index (κ3) is 2.47. The van der Waals surface area contributed by atoms with Crippen molar-refractivity contribution in [2.45, 2.75) is 38.3 Å². The molecule has 0 aliphatic carbocycles. The minimum atomic E-state index is -3.11. The van der Waals surface area contributed by atoms with Crippen LogP contribution in [0.4, 0.5) is 5.69 Å². The molecule has 104 valence electrons. The number of fused-ring (bicyclic) bond motifs is 1. The zero-order valence-corrected chi connectivity index (χ0v) is 12.4. The van der Waals surface area contributed by atoms with Crippen molar-refractivity contribution in [3.8, 4) is 0 Å². The fourth-order valence-electron chi connectivity index (χ4n) is 2.26. The lowest BCUT2D eigenvalue weighted by Gasteiger charge is -2.11. The topological polar surface area (TPSA) is 65.1 Å². The molecule has 0 unspecified atom stereocenters. The van der Waals surface area contributed by atoms with Gasteiger partial charge in [-0.05, 0) is 32.9 Å². The van der Waals surface area contributed by atoms with Gasteiger partial charge in [0.25, 0.3) is 0 Å². The lowest BCUT2D eigenvalue weighted by Crippen LogP contribution is -2.18. The molecule has 0 saturated carbocycles. The summed E-state index contributed by atoms with van der Waals surface area (Å²) in [4.78, 5) is 0. The lowest BCUT2D eigenvalue weighted by atomic mass is 10.2. The van der Waals surface area contributed by atoms with Crippen LogP contribution in [-0.2, 0) is 22.1 Å². The van der Waals surface area contributed by atoms with E-state index in [1.165, 1.54) is 0 Å². The Bertz CT molecular complexity index is 700. The number of aryl methyl sites for hydroxylation is 1. The van der Waals surface area contributed by atoms with Crippen molar-refractivity contribution in [3.63, 3.8) is 0 Å². The van der Waals surface area contributed by atoms with E-state index in [4.69, 9.17) is 5.73 Å². The van der Waals surface area contributed by atoms with Gasteiger partial charge in [-0.2, -0.15) is 0 Å². The fourth-order valence-corrected chi connectivity index (χ4v) is 3.25. The molecule has 1 heterocycles. The molecular weight excluding hydrogens is 260 g/mol. The van der Waals surface area contributed by atoms with Crippen LogP contribution in [0.5, 0.6) is 0 Å². The first-order valence-corrected chi connectivity index (χ1v) is 8.16. The van der Waals surface area contributed by atoms with E-state index in [2.05, 4.69) is 0 Å². The number of benzene rings is 1. The van der Waals surface area contributed by atoms with E-state index in [-0.39, 0.29) is 11.0 Å². The Kier molecular flexibility index (Phi) is 3.58. The van der Waals surface area contributed by atoms with Gasteiger partial charge in [0.15, 0.2) is 9.84 Å². The predicted octanol–water partition coefficient (Wildman–Crippen LogP) is 2.57. The summed E-state index contributed by atoms with van der Waals surface area (Å²) in [6.45, 7) is 6.13. The molecule has 0 amide bonds. The van der Waals surface area contributed by atoms with Crippen LogP contribution >= 0.6 is 0 Å². The molecule has 0 spiro atoms. The molecule has 5 heteroatoms. The SMILES string of the molecule is CCn1c(CS(=O)(=O)C(C)C)cc2cccc(N)c21. The van der Waals surface area contributed by atoms with Crippen molar-refractivity contribution >= 4 is 26.4 Å². The molecule has 0 radical (unpaired) electrons. The maximum atomic E-state index is 12.1. The van der Waals surface area contributed by atoms with Gasteiger partial charge in [-0.25, -0.2) is 8.42 Å². The van der Waals surface area contributed by atoms with Crippen molar-refractivity contribution in [1.29, 1.82) is 0 Å². The van der Waals surface area contributed by atoms with E-state index >= 15 is 0 Å². The van der Waals surface area contributed by atoms with Gasteiger partial charge >= 0.3 is 0 Å². The van der Waals surface area contributed by atoms with Gasteiger partial charge in [0.1, 0.15) is 0 Å². The second-order valence-corrected chi connectivity index (χ2v) is 7.58. The molecule has 0 bridgehead atoms. The zero-order chi connectivity index (χ0) is 14.2. The van der Waals surface area contributed by atoms with Crippen LogP contribution in [0.25, 0.3) is 10.9 Å². The van der Waals surface area contributed by atoms with Gasteiger partial charge in [0, 0.05) is 17.6 Å². The first-order chi connectivity index (χ1) is 8.86. The van der Waals surface area contributed by atoms with E-state index < -0.39 is 9.84 Å². The molecule has 0 aliphatic heterocycles. The maximum absolute atomic E-state index is 12.1. The number of aromatic nitrogens is 1. The Balaban J connectivity index is 2.59. The summed E-state index contributed by atoms with van der Waals surface area (Å²) in [5, 5.41) is 0.629. The fraction of sp³-hybridized carbons (Fsp3) is 0.429. The summed E-state index contributed by atoms with van der Waals surface area (Å²) >= 11 is 0. The molecule has 4 nitrogen and oxygen atoms in total. The predicted molar refractivity (Wildman–Crippen MR) is 79.8 cm³/mol. The highest BCUT2D eigenvalue weighted by Gasteiger charge is 2.20. The third-order valence-electron chi connectivity index (χ3n) is 3.42. The van der Waals surface area contributed by atoms with Crippen molar-refractivity contribution < 1.29 is 8.42 Å². The molecule has 1 aromatic carbocycles. The number of hydrogen-bond donors (Lipinski definition) is 1. The molecule has 0 fully saturated rings. The van der Waals surface area contributed by atoms with Gasteiger partial charge in [-0.1, -0.05) is 12.1 Å². The number of nitrogen functional groups attached to an aromatic ring is 1. The smallest absolute Gasteiger partial charge is 0.158 e. The Morgan fingerprint density at radius 1 is 1.32 bits per heavy atom. The molecule has 0 saturated heterocycles. The monoisotopic (exact) mass is 280 g/mol. The number of hydrogen-bond acceptors (Lipinski definition) is 3. The average molecular weight is 280 g/mol. The summed E-state index contributed by atoms with van der Waals surface area (Å²) in [5.74, 6) is 0.0621. The second kappa shape index (κ2) is 4.89. The summed E-state index contributed by atoms with van der Waals surface area (Å²) in [5.41, 5.74) is 8.43. The molecule has 0 atom stereocenters.